The molecule has 0 saturated heterocycles. The highest BCUT2D eigenvalue weighted by Gasteiger charge is 2.22. The first-order valence-electron chi connectivity index (χ1n) is 6.99. The number of benzene rings is 1. The van der Waals surface area contributed by atoms with Gasteiger partial charge in [-0.3, -0.25) is 4.21 Å². The molecule has 0 unspecified atom stereocenters. The second kappa shape index (κ2) is 6.88. The Morgan fingerprint density at radius 3 is 2.50 bits per heavy atom. The summed E-state index contributed by atoms with van der Waals surface area (Å²) in [6.07, 6.45) is 4.24. The van der Waals surface area contributed by atoms with Crippen molar-refractivity contribution in [2.75, 3.05) is 12.8 Å². The van der Waals surface area contributed by atoms with Crippen LogP contribution in [0.1, 0.15) is 24.5 Å². The maximum absolute atomic E-state index is 11.8. The molecule has 0 fully saturated rings. The lowest BCUT2D eigenvalue weighted by molar-refractivity contribution is 0.237. The van der Waals surface area contributed by atoms with Crippen molar-refractivity contribution in [3.8, 4) is 0 Å². The van der Waals surface area contributed by atoms with Gasteiger partial charge in [0.15, 0.2) is 0 Å². The highest BCUT2D eigenvalue weighted by atomic mass is 32.2. The van der Waals surface area contributed by atoms with Crippen molar-refractivity contribution in [3.63, 3.8) is 0 Å². The molecule has 2 rings (SSSR count). The average Bonchev–Trinajstić information content (AvgIpc) is 2.80. The van der Waals surface area contributed by atoms with E-state index in [4.69, 9.17) is 0 Å². The van der Waals surface area contributed by atoms with Gasteiger partial charge in [0.2, 0.25) is 0 Å². The molecule has 0 spiro atoms. The number of rotatable bonds is 5. The summed E-state index contributed by atoms with van der Waals surface area (Å²) < 4.78 is 11.2. The first-order valence-corrected chi connectivity index (χ1v) is 8.61. The van der Waals surface area contributed by atoms with Crippen molar-refractivity contribution in [2.45, 2.75) is 37.5 Å². The van der Waals surface area contributed by atoms with Crippen LogP contribution in [0, 0.1) is 0 Å². The molecule has 0 saturated carbocycles. The van der Waals surface area contributed by atoms with E-state index >= 15 is 0 Å². The van der Waals surface area contributed by atoms with Gasteiger partial charge in [-0.25, -0.2) is 4.79 Å². The summed E-state index contributed by atoms with van der Waals surface area (Å²) in [5, 5.41) is 5.96. The Morgan fingerprint density at radius 1 is 1.35 bits per heavy atom. The normalized spacial score (nSPS) is 17.3. The third kappa shape index (κ3) is 4.07. The van der Waals surface area contributed by atoms with Gasteiger partial charge in [0.1, 0.15) is 0 Å². The molecule has 2 amide bonds. The van der Waals surface area contributed by atoms with E-state index in [1.165, 1.54) is 11.1 Å². The van der Waals surface area contributed by atoms with Gasteiger partial charge in [0.05, 0.1) is 0 Å². The SMILES string of the molecule is C[C@@H](CCNC(=O)NC1Cc2ccccc2C1)[S@](C)=O. The Morgan fingerprint density at radius 2 is 1.95 bits per heavy atom. The molecule has 2 atom stereocenters. The van der Waals surface area contributed by atoms with E-state index in [-0.39, 0.29) is 17.3 Å². The number of hydrogen-bond donors (Lipinski definition) is 2. The fraction of sp³-hybridized carbons (Fsp3) is 0.533. The highest BCUT2D eigenvalue weighted by molar-refractivity contribution is 7.84. The summed E-state index contributed by atoms with van der Waals surface area (Å²) in [6, 6.07) is 8.36. The molecule has 1 aliphatic carbocycles. The van der Waals surface area contributed by atoms with Gasteiger partial charge in [0.25, 0.3) is 0 Å². The lowest BCUT2D eigenvalue weighted by Gasteiger charge is -2.14. The van der Waals surface area contributed by atoms with E-state index < -0.39 is 10.8 Å². The number of amides is 2. The van der Waals surface area contributed by atoms with Gasteiger partial charge in [-0.15, -0.1) is 0 Å². The van der Waals surface area contributed by atoms with Crippen LogP contribution in [0.25, 0.3) is 0 Å². The summed E-state index contributed by atoms with van der Waals surface area (Å²) in [7, 11) is -0.828. The standard InChI is InChI=1S/C15H22N2O2S/c1-11(20(2)19)7-8-16-15(18)17-14-9-12-5-3-4-6-13(12)10-14/h3-6,11,14H,7-10H2,1-2H3,(H2,16,17,18)/t11-,20-/m0/s1. The maximum Gasteiger partial charge on any atom is 0.315 e. The lowest BCUT2D eigenvalue weighted by Crippen LogP contribution is -2.43. The Kier molecular flexibility index (Phi) is 5.17. The molecular formula is C15H22N2O2S. The Bertz CT molecular complexity index is 479. The molecule has 4 nitrogen and oxygen atoms in total. The largest absolute Gasteiger partial charge is 0.338 e. The summed E-state index contributed by atoms with van der Waals surface area (Å²) in [4.78, 5) is 11.8. The zero-order chi connectivity index (χ0) is 14.5. The predicted molar refractivity (Wildman–Crippen MR) is 82.3 cm³/mol. The highest BCUT2D eigenvalue weighted by Crippen LogP contribution is 2.21. The van der Waals surface area contributed by atoms with Crippen molar-refractivity contribution in [1.82, 2.24) is 10.6 Å². The molecule has 1 aromatic carbocycles. The topological polar surface area (TPSA) is 58.2 Å². The van der Waals surface area contributed by atoms with Gasteiger partial charge in [-0.1, -0.05) is 31.2 Å². The number of carbonyl (C=O) groups is 1. The van der Waals surface area contributed by atoms with E-state index in [9.17, 15) is 9.00 Å². The molecule has 0 aromatic heterocycles. The van der Waals surface area contributed by atoms with Crippen LogP contribution in [-0.4, -0.2) is 34.3 Å². The zero-order valence-electron chi connectivity index (χ0n) is 12.0. The molecule has 0 radical (unpaired) electrons. The van der Waals surface area contributed by atoms with Gasteiger partial charge < -0.3 is 10.6 Å². The number of fused-ring (bicyclic) bond motifs is 1. The first kappa shape index (κ1) is 15.0. The molecule has 0 heterocycles. The fourth-order valence-electron chi connectivity index (χ4n) is 2.45. The molecule has 0 bridgehead atoms. The van der Waals surface area contributed by atoms with Crippen LogP contribution in [0.3, 0.4) is 0 Å². The van der Waals surface area contributed by atoms with Crippen LogP contribution in [0.15, 0.2) is 24.3 Å². The van der Waals surface area contributed by atoms with Crippen LogP contribution in [0.5, 0.6) is 0 Å². The average molecular weight is 294 g/mol. The summed E-state index contributed by atoms with van der Waals surface area (Å²) in [5.41, 5.74) is 2.65. The molecule has 2 N–H and O–H groups in total. The Balaban J connectivity index is 1.70. The van der Waals surface area contributed by atoms with Crippen LogP contribution >= 0.6 is 0 Å². The van der Waals surface area contributed by atoms with Crippen molar-refractivity contribution >= 4 is 16.8 Å². The zero-order valence-corrected chi connectivity index (χ0v) is 12.8. The predicted octanol–water partition coefficient (Wildman–Crippen LogP) is 1.61. The number of nitrogens with one attached hydrogen (secondary N) is 2. The van der Waals surface area contributed by atoms with Gasteiger partial charge in [-0.2, -0.15) is 0 Å². The van der Waals surface area contributed by atoms with Gasteiger partial charge in [0, 0.05) is 34.9 Å². The van der Waals surface area contributed by atoms with E-state index in [0.717, 1.165) is 19.3 Å². The quantitative estimate of drug-likeness (QED) is 0.867. The van der Waals surface area contributed by atoms with Crippen LogP contribution in [0.2, 0.25) is 0 Å². The smallest absolute Gasteiger partial charge is 0.315 e. The molecule has 1 aromatic rings. The molecular weight excluding hydrogens is 272 g/mol. The minimum Gasteiger partial charge on any atom is -0.338 e. The van der Waals surface area contributed by atoms with E-state index in [2.05, 4.69) is 22.8 Å². The summed E-state index contributed by atoms with van der Waals surface area (Å²) >= 11 is 0. The molecule has 1 aliphatic rings. The van der Waals surface area contributed by atoms with E-state index in [1.807, 2.05) is 19.1 Å². The minimum absolute atomic E-state index is 0.117. The number of hydrogen-bond acceptors (Lipinski definition) is 2. The second-order valence-electron chi connectivity index (χ2n) is 5.37. The van der Waals surface area contributed by atoms with Crippen LogP contribution < -0.4 is 10.6 Å². The summed E-state index contributed by atoms with van der Waals surface area (Å²) in [5.74, 6) is 0. The number of carbonyl (C=O) groups excluding carboxylic acids is 1. The molecule has 5 heteroatoms. The van der Waals surface area contributed by atoms with Crippen LogP contribution in [-0.2, 0) is 23.6 Å². The molecule has 0 aliphatic heterocycles. The molecule has 110 valence electrons. The van der Waals surface area contributed by atoms with Crippen molar-refractivity contribution in [2.24, 2.45) is 0 Å². The fourth-order valence-corrected chi connectivity index (χ4v) is 2.90. The van der Waals surface area contributed by atoms with Crippen molar-refractivity contribution in [1.29, 1.82) is 0 Å². The lowest BCUT2D eigenvalue weighted by atomic mass is 10.1. The third-order valence-electron chi connectivity index (χ3n) is 3.79. The minimum atomic E-state index is -0.828. The monoisotopic (exact) mass is 294 g/mol. The van der Waals surface area contributed by atoms with Crippen LogP contribution in [0.4, 0.5) is 4.79 Å². The molecule has 20 heavy (non-hydrogen) atoms. The van der Waals surface area contributed by atoms with Crippen molar-refractivity contribution in [3.05, 3.63) is 35.4 Å². The van der Waals surface area contributed by atoms with E-state index in [0.29, 0.717) is 6.54 Å². The number of urea groups is 1. The summed E-state index contributed by atoms with van der Waals surface area (Å²) in [6.45, 7) is 2.50. The maximum atomic E-state index is 11.8. The first-order chi connectivity index (χ1) is 9.56. The van der Waals surface area contributed by atoms with Gasteiger partial charge in [-0.05, 0) is 30.4 Å². The van der Waals surface area contributed by atoms with E-state index in [1.54, 1.807) is 6.26 Å². The second-order valence-corrected chi connectivity index (χ2v) is 7.17. The van der Waals surface area contributed by atoms with Crippen molar-refractivity contribution < 1.29 is 9.00 Å². The Hall–Kier alpha value is -1.36. The third-order valence-corrected chi connectivity index (χ3v) is 5.16. The van der Waals surface area contributed by atoms with Gasteiger partial charge >= 0.3 is 6.03 Å². The Labute approximate surface area is 122 Å².